The van der Waals surface area contributed by atoms with Gasteiger partial charge in [0.1, 0.15) is 0 Å². The predicted octanol–water partition coefficient (Wildman–Crippen LogP) is 0.948. The van der Waals surface area contributed by atoms with Gasteiger partial charge in [0.15, 0.2) is 5.96 Å². The van der Waals surface area contributed by atoms with Crippen LogP contribution in [-0.4, -0.2) is 19.0 Å². The number of nitrogens with one attached hydrogen (secondary N) is 2. The number of hydrogen-bond donors (Lipinski definition) is 3. The number of nitrogens with zero attached hydrogens (tertiary/aromatic N) is 1. The van der Waals surface area contributed by atoms with Gasteiger partial charge in [-0.1, -0.05) is 6.07 Å². The van der Waals surface area contributed by atoms with Crippen molar-refractivity contribution in [2.75, 3.05) is 24.1 Å². The van der Waals surface area contributed by atoms with Gasteiger partial charge in [-0.2, -0.15) is 0 Å². The summed E-state index contributed by atoms with van der Waals surface area (Å²) >= 11 is 0. The Balaban J connectivity index is 2.16. The highest BCUT2D eigenvalue weighted by Gasteiger charge is 2.06. The van der Waals surface area contributed by atoms with Gasteiger partial charge >= 0.3 is 0 Å². The van der Waals surface area contributed by atoms with Crippen LogP contribution in [0.2, 0.25) is 0 Å². The van der Waals surface area contributed by atoms with E-state index in [1.807, 2.05) is 25.1 Å². The van der Waals surface area contributed by atoms with Gasteiger partial charge in [0.25, 0.3) is 0 Å². The monoisotopic (exact) mass is 190 g/mol. The van der Waals surface area contributed by atoms with Crippen LogP contribution in [0.5, 0.6) is 0 Å². The average Bonchev–Trinajstić information content (AvgIpc) is 2.62. The number of nitrogen functional groups attached to an aromatic ring is 1. The maximum absolute atomic E-state index is 5.85. The molecule has 1 aromatic carbocycles. The highest BCUT2D eigenvalue weighted by molar-refractivity contribution is 5.97. The lowest BCUT2D eigenvalue weighted by atomic mass is 10.2. The van der Waals surface area contributed by atoms with Gasteiger partial charge in [-0.25, -0.2) is 0 Å². The zero-order chi connectivity index (χ0) is 9.97. The summed E-state index contributed by atoms with van der Waals surface area (Å²) in [6.07, 6.45) is 0. The van der Waals surface area contributed by atoms with E-state index in [1.54, 1.807) is 0 Å². The minimum Gasteiger partial charge on any atom is -0.397 e. The Kier molecular flexibility index (Phi) is 2.26. The maximum Gasteiger partial charge on any atom is 0.195 e. The summed E-state index contributed by atoms with van der Waals surface area (Å²) in [6, 6.07) is 5.93. The van der Waals surface area contributed by atoms with E-state index in [9.17, 15) is 0 Å². The molecule has 4 heteroatoms. The van der Waals surface area contributed by atoms with E-state index in [4.69, 9.17) is 5.73 Å². The molecule has 1 heterocycles. The van der Waals surface area contributed by atoms with E-state index in [2.05, 4.69) is 15.6 Å². The highest BCUT2D eigenvalue weighted by Crippen LogP contribution is 2.19. The van der Waals surface area contributed by atoms with Gasteiger partial charge < -0.3 is 16.4 Å². The molecule has 4 nitrogen and oxygen atoms in total. The van der Waals surface area contributed by atoms with Crippen molar-refractivity contribution in [3.63, 3.8) is 0 Å². The van der Waals surface area contributed by atoms with Crippen LogP contribution in [0.25, 0.3) is 0 Å². The zero-order valence-corrected chi connectivity index (χ0v) is 8.17. The molecule has 4 N–H and O–H groups in total. The van der Waals surface area contributed by atoms with E-state index in [0.29, 0.717) is 0 Å². The Bertz CT molecular complexity index is 370. The summed E-state index contributed by atoms with van der Waals surface area (Å²) in [7, 11) is 0. The number of hydrogen-bond acceptors (Lipinski definition) is 4. The van der Waals surface area contributed by atoms with Crippen molar-refractivity contribution >= 4 is 17.3 Å². The summed E-state index contributed by atoms with van der Waals surface area (Å²) in [4.78, 5) is 4.23. The third kappa shape index (κ3) is 1.79. The van der Waals surface area contributed by atoms with Crippen LogP contribution in [0.3, 0.4) is 0 Å². The van der Waals surface area contributed by atoms with E-state index < -0.39 is 0 Å². The first-order valence-corrected chi connectivity index (χ1v) is 4.67. The Morgan fingerprint density at radius 3 is 3.00 bits per heavy atom. The van der Waals surface area contributed by atoms with Crippen LogP contribution in [0.15, 0.2) is 23.2 Å². The molecule has 0 spiro atoms. The molecule has 1 aliphatic heterocycles. The van der Waals surface area contributed by atoms with Crippen LogP contribution in [0.4, 0.5) is 11.4 Å². The minimum atomic E-state index is 0.751. The zero-order valence-electron chi connectivity index (χ0n) is 8.17. The fourth-order valence-electron chi connectivity index (χ4n) is 1.41. The molecule has 0 fully saturated rings. The Hall–Kier alpha value is -1.71. The van der Waals surface area contributed by atoms with Crippen molar-refractivity contribution in [1.29, 1.82) is 0 Å². The molecule has 1 aromatic rings. The van der Waals surface area contributed by atoms with Crippen molar-refractivity contribution in [2.45, 2.75) is 6.92 Å². The molecule has 1 aliphatic rings. The van der Waals surface area contributed by atoms with Crippen molar-refractivity contribution in [1.82, 2.24) is 5.32 Å². The van der Waals surface area contributed by atoms with Gasteiger partial charge in [-0.05, 0) is 24.6 Å². The van der Waals surface area contributed by atoms with Crippen LogP contribution in [0, 0.1) is 6.92 Å². The first kappa shape index (κ1) is 8.87. The van der Waals surface area contributed by atoms with Crippen molar-refractivity contribution < 1.29 is 0 Å². The Morgan fingerprint density at radius 2 is 2.36 bits per heavy atom. The van der Waals surface area contributed by atoms with Crippen molar-refractivity contribution in [3.05, 3.63) is 23.8 Å². The second kappa shape index (κ2) is 3.57. The smallest absolute Gasteiger partial charge is 0.195 e. The van der Waals surface area contributed by atoms with Crippen LogP contribution in [-0.2, 0) is 0 Å². The predicted molar refractivity (Wildman–Crippen MR) is 59.5 cm³/mol. The molecule has 0 unspecified atom stereocenters. The number of anilines is 2. The summed E-state index contributed by atoms with van der Waals surface area (Å²) in [5.41, 5.74) is 8.67. The topological polar surface area (TPSA) is 62.4 Å². The quantitative estimate of drug-likeness (QED) is 0.578. The van der Waals surface area contributed by atoms with Crippen LogP contribution < -0.4 is 16.4 Å². The van der Waals surface area contributed by atoms with E-state index in [0.717, 1.165) is 36.0 Å². The molecule has 14 heavy (non-hydrogen) atoms. The number of benzene rings is 1. The SMILES string of the molecule is Cc1ccc(NC2=NCCN2)c(N)c1. The highest BCUT2D eigenvalue weighted by atomic mass is 15.2. The minimum absolute atomic E-state index is 0.751. The second-order valence-electron chi connectivity index (χ2n) is 3.37. The molecule has 0 aliphatic carbocycles. The van der Waals surface area contributed by atoms with Gasteiger partial charge in [-0.15, -0.1) is 0 Å². The molecular weight excluding hydrogens is 176 g/mol. The van der Waals surface area contributed by atoms with E-state index >= 15 is 0 Å². The normalized spacial score (nSPS) is 14.8. The first-order chi connectivity index (χ1) is 6.75. The summed E-state index contributed by atoms with van der Waals surface area (Å²) < 4.78 is 0. The number of rotatable bonds is 1. The van der Waals surface area contributed by atoms with Crippen molar-refractivity contribution in [2.24, 2.45) is 4.99 Å². The lowest BCUT2D eigenvalue weighted by molar-refractivity contribution is 0.959. The molecule has 0 atom stereocenters. The second-order valence-corrected chi connectivity index (χ2v) is 3.37. The lowest BCUT2D eigenvalue weighted by Gasteiger charge is -2.09. The Labute approximate surface area is 83.2 Å². The molecule has 74 valence electrons. The number of aryl methyl sites for hydroxylation is 1. The molecule has 0 bridgehead atoms. The Morgan fingerprint density at radius 1 is 1.50 bits per heavy atom. The third-order valence-corrected chi connectivity index (χ3v) is 2.13. The number of aliphatic imine (C=N–C) groups is 1. The molecule has 2 rings (SSSR count). The van der Waals surface area contributed by atoms with Crippen LogP contribution in [0.1, 0.15) is 5.56 Å². The molecule has 0 saturated carbocycles. The van der Waals surface area contributed by atoms with Gasteiger partial charge in [0.2, 0.25) is 0 Å². The summed E-state index contributed by atoms with van der Waals surface area (Å²) in [6.45, 7) is 3.74. The van der Waals surface area contributed by atoms with Gasteiger partial charge in [0.05, 0.1) is 17.9 Å². The summed E-state index contributed by atoms with van der Waals surface area (Å²) in [5, 5.41) is 6.28. The third-order valence-electron chi connectivity index (χ3n) is 2.13. The number of guanidine groups is 1. The van der Waals surface area contributed by atoms with E-state index in [-0.39, 0.29) is 0 Å². The van der Waals surface area contributed by atoms with Crippen molar-refractivity contribution in [3.8, 4) is 0 Å². The maximum atomic E-state index is 5.85. The fourth-order valence-corrected chi connectivity index (χ4v) is 1.41. The molecule has 0 saturated heterocycles. The molecule has 0 amide bonds. The largest absolute Gasteiger partial charge is 0.397 e. The number of nitrogens with two attached hydrogens (primary N) is 1. The first-order valence-electron chi connectivity index (χ1n) is 4.67. The fraction of sp³-hybridized carbons (Fsp3) is 0.300. The van der Waals surface area contributed by atoms with Gasteiger partial charge in [-0.3, -0.25) is 4.99 Å². The molecular formula is C10H14N4. The van der Waals surface area contributed by atoms with E-state index in [1.165, 1.54) is 0 Å². The molecule has 0 aromatic heterocycles. The van der Waals surface area contributed by atoms with Crippen LogP contribution >= 0.6 is 0 Å². The standard InChI is InChI=1S/C10H14N4/c1-7-2-3-9(8(11)6-7)14-10-12-4-5-13-10/h2-3,6H,4-5,11H2,1H3,(H2,12,13,14). The summed E-state index contributed by atoms with van der Waals surface area (Å²) in [5.74, 6) is 0.806. The lowest BCUT2D eigenvalue weighted by Crippen LogP contribution is -2.26. The van der Waals surface area contributed by atoms with Gasteiger partial charge in [0, 0.05) is 6.54 Å². The average molecular weight is 190 g/mol. The molecule has 0 radical (unpaired) electrons.